The summed E-state index contributed by atoms with van der Waals surface area (Å²) < 4.78 is 13.6. The average Bonchev–Trinajstić information content (AvgIpc) is 2.79. The van der Waals surface area contributed by atoms with Crippen molar-refractivity contribution in [2.24, 2.45) is 0 Å². The van der Waals surface area contributed by atoms with E-state index < -0.39 is 0 Å². The average molecular weight is 395 g/mol. The third-order valence-electron chi connectivity index (χ3n) is 2.80. The van der Waals surface area contributed by atoms with Crippen LogP contribution in [0.4, 0.5) is 5.69 Å². The van der Waals surface area contributed by atoms with Gasteiger partial charge in [0.2, 0.25) is 0 Å². The zero-order valence-electron chi connectivity index (χ0n) is 9.97. The van der Waals surface area contributed by atoms with E-state index >= 15 is 0 Å². The van der Waals surface area contributed by atoms with Crippen LogP contribution < -0.4 is 5.32 Å². The van der Waals surface area contributed by atoms with Gasteiger partial charge in [0.1, 0.15) is 3.70 Å². The van der Waals surface area contributed by atoms with Gasteiger partial charge in [-0.05, 0) is 22.6 Å². The van der Waals surface area contributed by atoms with Gasteiger partial charge in [0.05, 0.1) is 37.8 Å². The van der Waals surface area contributed by atoms with E-state index in [1.165, 1.54) is 0 Å². The minimum Gasteiger partial charge on any atom is -0.379 e. The van der Waals surface area contributed by atoms with Gasteiger partial charge in [0.15, 0.2) is 10.8 Å². The highest BCUT2D eigenvalue weighted by molar-refractivity contribution is 14.1. The number of halogens is 2. The molecular weight excluding hydrogens is 383 g/mol. The fourth-order valence-corrected chi connectivity index (χ4v) is 2.58. The number of nitrogens with one attached hydrogen (secondary N) is 1. The Labute approximate surface area is 128 Å². The van der Waals surface area contributed by atoms with E-state index in [9.17, 15) is 0 Å². The van der Waals surface area contributed by atoms with E-state index in [1.807, 2.05) is 0 Å². The van der Waals surface area contributed by atoms with Crippen LogP contribution in [0.5, 0.6) is 0 Å². The molecule has 8 heteroatoms. The zero-order chi connectivity index (χ0) is 13.2. The fourth-order valence-electron chi connectivity index (χ4n) is 1.92. The lowest BCUT2D eigenvalue weighted by Crippen LogP contribution is -2.34. The first-order chi connectivity index (χ1) is 9.24. The SMILES string of the molecule is Clc1cc(NC[C@H]2COCCO2)c2ncc(I)n2n1. The first kappa shape index (κ1) is 13.3. The molecule has 3 rings (SSSR count). The van der Waals surface area contributed by atoms with Gasteiger partial charge < -0.3 is 14.8 Å². The minimum atomic E-state index is 0.0507. The molecule has 0 aliphatic carbocycles. The molecule has 1 N–H and O–H groups in total. The predicted molar refractivity (Wildman–Crippen MR) is 79.8 cm³/mol. The maximum Gasteiger partial charge on any atom is 0.178 e. The lowest BCUT2D eigenvalue weighted by molar-refractivity contribution is -0.0818. The number of hydrogen-bond donors (Lipinski definition) is 1. The summed E-state index contributed by atoms with van der Waals surface area (Å²) in [5.74, 6) is 0. The van der Waals surface area contributed by atoms with E-state index in [1.54, 1.807) is 16.8 Å². The molecule has 1 aliphatic rings. The number of aromatic nitrogens is 3. The van der Waals surface area contributed by atoms with E-state index in [-0.39, 0.29) is 6.10 Å². The minimum absolute atomic E-state index is 0.0507. The molecular formula is C11H12ClIN4O2. The Morgan fingerprint density at radius 2 is 2.42 bits per heavy atom. The summed E-state index contributed by atoms with van der Waals surface area (Å²) in [6, 6.07) is 1.77. The fraction of sp³-hybridized carbons (Fsp3) is 0.455. The molecule has 0 saturated carbocycles. The molecule has 0 unspecified atom stereocenters. The van der Waals surface area contributed by atoms with Crippen LogP contribution in [0.25, 0.3) is 5.65 Å². The molecule has 2 aromatic rings. The van der Waals surface area contributed by atoms with Gasteiger partial charge in [0, 0.05) is 12.6 Å². The van der Waals surface area contributed by atoms with Crippen LogP contribution >= 0.6 is 34.2 Å². The first-order valence-corrected chi connectivity index (χ1v) is 7.33. The van der Waals surface area contributed by atoms with Crippen molar-refractivity contribution >= 4 is 45.5 Å². The summed E-state index contributed by atoms with van der Waals surface area (Å²) in [5, 5.41) is 7.93. The van der Waals surface area contributed by atoms with E-state index in [0.717, 1.165) is 15.0 Å². The molecule has 0 radical (unpaired) electrons. The predicted octanol–water partition coefficient (Wildman–Crippen LogP) is 1.81. The molecule has 1 saturated heterocycles. The van der Waals surface area contributed by atoms with Gasteiger partial charge in [-0.15, -0.1) is 0 Å². The second kappa shape index (κ2) is 5.78. The molecule has 19 heavy (non-hydrogen) atoms. The van der Waals surface area contributed by atoms with Crippen LogP contribution in [-0.2, 0) is 9.47 Å². The lowest BCUT2D eigenvalue weighted by atomic mass is 10.3. The maximum absolute atomic E-state index is 6.02. The van der Waals surface area contributed by atoms with Gasteiger partial charge >= 0.3 is 0 Å². The van der Waals surface area contributed by atoms with Crippen molar-refractivity contribution in [1.82, 2.24) is 14.6 Å². The summed E-state index contributed by atoms with van der Waals surface area (Å²) in [6.07, 6.45) is 1.81. The highest BCUT2D eigenvalue weighted by Gasteiger charge is 2.15. The monoisotopic (exact) mass is 394 g/mol. The second-order valence-electron chi connectivity index (χ2n) is 4.15. The topological polar surface area (TPSA) is 60.7 Å². The molecule has 0 bridgehead atoms. The van der Waals surface area contributed by atoms with Crippen LogP contribution in [-0.4, -0.2) is 47.1 Å². The van der Waals surface area contributed by atoms with Crippen LogP contribution in [0.15, 0.2) is 12.3 Å². The van der Waals surface area contributed by atoms with E-state index in [2.05, 4.69) is 38.0 Å². The van der Waals surface area contributed by atoms with Crippen molar-refractivity contribution in [3.05, 3.63) is 21.1 Å². The summed E-state index contributed by atoms with van der Waals surface area (Å²) in [7, 11) is 0. The van der Waals surface area contributed by atoms with Gasteiger partial charge in [-0.25, -0.2) is 9.50 Å². The third kappa shape index (κ3) is 2.93. The summed E-state index contributed by atoms with van der Waals surface area (Å²) >= 11 is 8.18. The van der Waals surface area contributed by atoms with Crippen molar-refractivity contribution in [2.45, 2.75) is 6.10 Å². The first-order valence-electron chi connectivity index (χ1n) is 5.87. The van der Waals surface area contributed by atoms with Crippen molar-refractivity contribution in [2.75, 3.05) is 31.7 Å². The summed E-state index contributed by atoms with van der Waals surface area (Å²) in [4.78, 5) is 4.32. The van der Waals surface area contributed by atoms with Gasteiger partial charge in [0.25, 0.3) is 0 Å². The third-order valence-corrected chi connectivity index (χ3v) is 3.72. The molecule has 1 aliphatic heterocycles. The maximum atomic E-state index is 6.02. The molecule has 0 spiro atoms. The molecule has 1 atom stereocenters. The molecule has 3 heterocycles. The Balaban J connectivity index is 1.79. The summed E-state index contributed by atoms with van der Waals surface area (Å²) in [5.41, 5.74) is 1.60. The van der Waals surface area contributed by atoms with Gasteiger partial charge in [-0.3, -0.25) is 0 Å². The van der Waals surface area contributed by atoms with Gasteiger partial charge in [-0.2, -0.15) is 5.10 Å². The number of hydrogen-bond acceptors (Lipinski definition) is 5. The van der Waals surface area contributed by atoms with Crippen LogP contribution in [0.2, 0.25) is 5.15 Å². The number of rotatable bonds is 3. The van der Waals surface area contributed by atoms with Crippen molar-refractivity contribution < 1.29 is 9.47 Å². The molecule has 6 nitrogen and oxygen atoms in total. The molecule has 0 amide bonds. The van der Waals surface area contributed by atoms with Gasteiger partial charge in [-0.1, -0.05) is 11.6 Å². The van der Waals surface area contributed by atoms with E-state index in [0.29, 0.717) is 31.5 Å². The smallest absolute Gasteiger partial charge is 0.178 e. The lowest BCUT2D eigenvalue weighted by Gasteiger charge is -2.23. The zero-order valence-corrected chi connectivity index (χ0v) is 12.9. The second-order valence-corrected chi connectivity index (χ2v) is 5.64. The quantitative estimate of drug-likeness (QED) is 0.805. The summed E-state index contributed by atoms with van der Waals surface area (Å²) in [6.45, 7) is 2.56. The number of nitrogens with zero attached hydrogens (tertiary/aromatic N) is 3. The standard InChI is InChI=1S/C11H12ClIN4O2/c12-9-3-8(11-15-5-10(13)17(11)16-9)14-4-7-6-18-1-2-19-7/h3,5,7,14H,1-2,4,6H2/t7-/m0/s1. The Morgan fingerprint density at radius 3 is 3.21 bits per heavy atom. The van der Waals surface area contributed by atoms with Crippen LogP contribution in [0.1, 0.15) is 0 Å². The highest BCUT2D eigenvalue weighted by Crippen LogP contribution is 2.21. The normalized spacial score (nSPS) is 19.8. The molecule has 0 aromatic carbocycles. The number of fused-ring (bicyclic) bond motifs is 1. The van der Waals surface area contributed by atoms with Crippen molar-refractivity contribution in [1.29, 1.82) is 0 Å². The van der Waals surface area contributed by atoms with Crippen molar-refractivity contribution in [3.63, 3.8) is 0 Å². The van der Waals surface area contributed by atoms with Crippen LogP contribution in [0.3, 0.4) is 0 Å². The number of imidazole rings is 1. The Kier molecular flexibility index (Phi) is 4.06. The molecule has 102 valence electrons. The Morgan fingerprint density at radius 1 is 1.53 bits per heavy atom. The van der Waals surface area contributed by atoms with Crippen LogP contribution in [0, 0.1) is 3.70 Å². The largest absolute Gasteiger partial charge is 0.379 e. The van der Waals surface area contributed by atoms with Crippen molar-refractivity contribution in [3.8, 4) is 0 Å². The Bertz CT molecular complexity index is 585. The number of ether oxygens (including phenoxy) is 2. The Hall–Kier alpha value is -0.640. The molecule has 1 fully saturated rings. The van der Waals surface area contributed by atoms with E-state index in [4.69, 9.17) is 21.1 Å². The molecule has 2 aromatic heterocycles. The number of anilines is 1. The highest BCUT2D eigenvalue weighted by atomic mass is 127.